The van der Waals surface area contributed by atoms with Crippen molar-refractivity contribution in [3.63, 3.8) is 0 Å². The van der Waals surface area contributed by atoms with Gasteiger partial charge >= 0.3 is 0 Å². The summed E-state index contributed by atoms with van der Waals surface area (Å²) in [7, 11) is 0. The normalized spacial score (nSPS) is 17.9. The number of benzene rings is 3. The molecule has 4 aromatic rings. The summed E-state index contributed by atoms with van der Waals surface area (Å²) in [6.45, 7) is 0. The van der Waals surface area contributed by atoms with E-state index >= 15 is 0 Å². The minimum Gasteiger partial charge on any atom is -0.508 e. The largest absolute Gasteiger partial charge is 0.508 e. The summed E-state index contributed by atoms with van der Waals surface area (Å²) in [6, 6.07) is 20.0. The van der Waals surface area contributed by atoms with Crippen molar-refractivity contribution in [2.24, 2.45) is 0 Å². The third kappa shape index (κ3) is 5.26. The van der Waals surface area contributed by atoms with Gasteiger partial charge in [-0.25, -0.2) is 0 Å². The van der Waals surface area contributed by atoms with Gasteiger partial charge in [-0.3, -0.25) is 9.78 Å². The van der Waals surface area contributed by atoms with Crippen LogP contribution in [0.4, 0.5) is 5.69 Å². The van der Waals surface area contributed by atoms with Gasteiger partial charge in [-0.15, -0.1) is 11.8 Å². The van der Waals surface area contributed by atoms with E-state index in [4.69, 9.17) is 23.2 Å². The molecule has 2 heterocycles. The van der Waals surface area contributed by atoms with E-state index in [1.165, 1.54) is 23.9 Å². The van der Waals surface area contributed by atoms with E-state index in [0.717, 1.165) is 11.1 Å². The fourth-order valence-corrected chi connectivity index (χ4v) is 5.95. The quantitative estimate of drug-likeness (QED) is 0.230. The number of nitrogens with zero attached hydrogens (tertiary/aromatic N) is 2. The van der Waals surface area contributed by atoms with E-state index in [1.807, 2.05) is 30.3 Å². The van der Waals surface area contributed by atoms with Gasteiger partial charge in [0.15, 0.2) is 0 Å². The molecule has 9 heteroatoms. The minimum absolute atomic E-state index is 0.0692. The van der Waals surface area contributed by atoms with Crippen molar-refractivity contribution in [3.05, 3.63) is 106 Å². The highest BCUT2D eigenvalue weighted by molar-refractivity contribution is 8.00. The Morgan fingerprint density at radius 1 is 0.892 bits per heavy atom. The Hall–Kier alpha value is -3.23. The number of hydrogen-bond acceptors (Lipinski definition) is 6. The molecule has 1 saturated heterocycles. The number of hydrogen-bond donors (Lipinski definition) is 3. The molecule has 0 spiro atoms. The number of rotatable bonds is 7. The maximum atomic E-state index is 13.4. The smallest absolute Gasteiger partial charge is 0.243 e. The van der Waals surface area contributed by atoms with Crippen LogP contribution in [-0.2, 0) is 4.79 Å². The van der Waals surface area contributed by atoms with Gasteiger partial charge in [0.25, 0.3) is 0 Å². The Labute approximate surface area is 228 Å². The van der Waals surface area contributed by atoms with E-state index in [2.05, 4.69) is 4.98 Å². The highest BCUT2D eigenvalue weighted by atomic mass is 35.5. The summed E-state index contributed by atoms with van der Waals surface area (Å²) < 4.78 is 0. The zero-order valence-electron chi connectivity index (χ0n) is 19.3. The number of aliphatic hydroxyl groups excluding tert-OH is 1. The monoisotopic (exact) mass is 552 g/mol. The van der Waals surface area contributed by atoms with E-state index in [9.17, 15) is 20.1 Å². The number of pyridine rings is 1. The molecule has 3 atom stereocenters. The van der Waals surface area contributed by atoms with Crippen LogP contribution < -0.4 is 4.90 Å². The van der Waals surface area contributed by atoms with Crippen molar-refractivity contribution < 1.29 is 20.1 Å². The number of carbonyl (C=O) groups excluding carboxylic acids is 1. The van der Waals surface area contributed by atoms with E-state index in [-0.39, 0.29) is 23.2 Å². The zero-order valence-corrected chi connectivity index (χ0v) is 21.7. The number of β-lactam (4-membered cyclic amide) rings is 1. The molecule has 0 saturated carbocycles. The first-order valence-electron chi connectivity index (χ1n) is 11.4. The molecule has 0 bridgehead atoms. The van der Waals surface area contributed by atoms with Crippen LogP contribution in [0.5, 0.6) is 11.5 Å². The Bertz CT molecular complexity index is 1430. The number of aromatic hydroxyl groups is 2. The van der Waals surface area contributed by atoms with E-state index in [1.54, 1.807) is 47.6 Å². The van der Waals surface area contributed by atoms with Crippen LogP contribution in [0.1, 0.15) is 23.3 Å². The van der Waals surface area contributed by atoms with E-state index < -0.39 is 17.4 Å². The molecule has 0 unspecified atom stereocenters. The molecule has 1 aliphatic rings. The number of amides is 1. The van der Waals surface area contributed by atoms with Gasteiger partial charge in [-0.05, 0) is 53.6 Å². The molecule has 0 aliphatic carbocycles. The van der Waals surface area contributed by atoms with Gasteiger partial charge in [-0.1, -0.05) is 47.5 Å². The number of halogens is 2. The van der Waals surface area contributed by atoms with Crippen molar-refractivity contribution >= 4 is 46.6 Å². The van der Waals surface area contributed by atoms with Crippen molar-refractivity contribution in [1.82, 2.24) is 4.98 Å². The fraction of sp³-hybridized carbons (Fsp3) is 0.143. The lowest BCUT2D eigenvalue weighted by Crippen LogP contribution is -2.57. The molecule has 1 aromatic heterocycles. The molecule has 3 aromatic carbocycles. The zero-order chi connectivity index (χ0) is 26.1. The fourth-order valence-electron chi connectivity index (χ4n) is 4.36. The third-order valence-corrected chi connectivity index (χ3v) is 8.04. The first-order valence-corrected chi connectivity index (χ1v) is 13.2. The van der Waals surface area contributed by atoms with Crippen LogP contribution in [-0.4, -0.2) is 37.2 Å². The molecule has 188 valence electrons. The van der Waals surface area contributed by atoms with Gasteiger partial charge in [0.1, 0.15) is 16.7 Å². The molecular formula is C28H22Cl2N2O4S. The molecule has 6 nitrogen and oxygen atoms in total. The predicted molar refractivity (Wildman–Crippen MR) is 147 cm³/mol. The standard InChI is InChI=1S/C28H22Cl2N2O4S/c29-19-5-1-17(2-6-19)25(35)15-37-27-26(23-10-9-22(33)12-24(23)34)32(28(27)36)21-7-3-16(4-8-21)18-11-20(30)14-31-13-18/h1-14,25-27,33-35H,15H2/t25-,26-,27-/m1/s1. The highest BCUT2D eigenvalue weighted by Gasteiger charge is 2.50. The molecule has 5 rings (SSSR count). The third-order valence-electron chi connectivity index (χ3n) is 6.25. The number of phenolic OH excluding ortho intramolecular Hbond substituents is 2. The second-order valence-corrected chi connectivity index (χ2v) is 10.7. The Balaban J connectivity index is 1.40. The molecular weight excluding hydrogens is 531 g/mol. The van der Waals surface area contributed by atoms with Crippen LogP contribution in [0.15, 0.2) is 85.2 Å². The Morgan fingerprint density at radius 2 is 1.62 bits per heavy atom. The summed E-state index contributed by atoms with van der Waals surface area (Å²) in [5, 5.41) is 31.6. The van der Waals surface area contributed by atoms with Crippen molar-refractivity contribution in [3.8, 4) is 22.6 Å². The molecule has 0 radical (unpaired) electrons. The number of aromatic nitrogens is 1. The van der Waals surface area contributed by atoms with Crippen LogP contribution in [0, 0.1) is 0 Å². The maximum Gasteiger partial charge on any atom is 0.243 e. The van der Waals surface area contributed by atoms with Gasteiger partial charge < -0.3 is 20.2 Å². The lowest BCUT2D eigenvalue weighted by molar-refractivity contribution is -0.123. The average Bonchev–Trinajstić information content (AvgIpc) is 2.88. The average molecular weight is 553 g/mol. The maximum absolute atomic E-state index is 13.4. The number of aliphatic hydroxyl groups is 1. The molecule has 1 amide bonds. The van der Waals surface area contributed by atoms with Crippen LogP contribution in [0.2, 0.25) is 10.0 Å². The first kappa shape index (κ1) is 25.4. The minimum atomic E-state index is -0.788. The van der Waals surface area contributed by atoms with Crippen molar-refractivity contribution in [1.29, 1.82) is 0 Å². The second-order valence-electron chi connectivity index (χ2n) is 8.66. The van der Waals surface area contributed by atoms with Gasteiger partial charge in [0.05, 0.1) is 17.2 Å². The molecule has 3 N–H and O–H groups in total. The SMILES string of the molecule is O=C1[C@H](SC[C@@H](O)c2ccc(Cl)cc2)[C@@H](c2ccc(O)cc2O)N1c1ccc(-c2cncc(Cl)c2)cc1. The number of anilines is 1. The van der Waals surface area contributed by atoms with Crippen molar-refractivity contribution in [2.75, 3.05) is 10.7 Å². The number of thioether (sulfide) groups is 1. The predicted octanol–water partition coefficient (Wildman–Crippen LogP) is 6.39. The highest BCUT2D eigenvalue weighted by Crippen LogP contribution is 2.48. The van der Waals surface area contributed by atoms with Crippen molar-refractivity contribution in [2.45, 2.75) is 17.4 Å². The summed E-state index contributed by atoms with van der Waals surface area (Å²) in [6.07, 6.45) is 2.49. The Kier molecular flexibility index (Phi) is 7.31. The van der Waals surface area contributed by atoms with Gasteiger partial charge in [-0.2, -0.15) is 0 Å². The number of phenols is 2. The Morgan fingerprint density at radius 3 is 2.30 bits per heavy atom. The summed E-state index contributed by atoms with van der Waals surface area (Å²) in [4.78, 5) is 19.1. The van der Waals surface area contributed by atoms with Gasteiger partial charge in [0, 0.05) is 46.0 Å². The lowest BCUT2D eigenvalue weighted by atomic mass is 9.91. The van der Waals surface area contributed by atoms with Crippen LogP contribution in [0.25, 0.3) is 11.1 Å². The van der Waals surface area contributed by atoms with Gasteiger partial charge in [0.2, 0.25) is 5.91 Å². The molecule has 37 heavy (non-hydrogen) atoms. The lowest BCUT2D eigenvalue weighted by Gasteiger charge is -2.47. The number of carbonyl (C=O) groups is 1. The van der Waals surface area contributed by atoms with E-state index in [0.29, 0.717) is 26.9 Å². The van der Waals surface area contributed by atoms with Crippen LogP contribution >= 0.6 is 35.0 Å². The molecule has 1 aliphatic heterocycles. The first-order chi connectivity index (χ1) is 17.8. The second kappa shape index (κ2) is 10.6. The topological polar surface area (TPSA) is 93.9 Å². The summed E-state index contributed by atoms with van der Waals surface area (Å²) in [5.74, 6) is -0.0294. The molecule has 1 fully saturated rings. The summed E-state index contributed by atoms with van der Waals surface area (Å²) >= 11 is 13.3. The van der Waals surface area contributed by atoms with Crippen LogP contribution in [0.3, 0.4) is 0 Å². The summed E-state index contributed by atoms with van der Waals surface area (Å²) in [5.41, 5.74) is 3.63.